The summed E-state index contributed by atoms with van der Waals surface area (Å²) in [6.45, 7) is 0. The van der Waals surface area contributed by atoms with E-state index in [1.165, 1.54) is 0 Å². The van der Waals surface area contributed by atoms with Gasteiger partial charge in [0.1, 0.15) is 0 Å². The Morgan fingerprint density at radius 1 is 1.00 bits per heavy atom. The molecular weight excluding hydrogens is 261 g/mol. The van der Waals surface area contributed by atoms with Crippen molar-refractivity contribution < 1.29 is 13.2 Å². The molecule has 0 aliphatic rings. The van der Waals surface area contributed by atoms with Gasteiger partial charge in [-0.05, 0) is 22.8 Å². The first-order chi connectivity index (χ1) is 8.44. The van der Waals surface area contributed by atoms with Crippen LogP contribution in [0.25, 0.3) is 10.8 Å². The van der Waals surface area contributed by atoms with Crippen LogP contribution in [0.3, 0.4) is 0 Å². The first-order valence-corrected chi connectivity index (χ1v) is 6.06. The van der Waals surface area contributed by atoms with Crippen LogP contribution < -0.4 is 0 Å². The van der Waals surface area contributed by atoms with Gasteiger partial charge in [0, 0.05) is 5.38 Å². The quantitative estimate of drug-likeness (QED) is 0.694. The van der Waals surface area contributed by atoms with E-state index in [1.807, 2.05) is 42.5 Å². The molecule has 2 aromatic rings. The summed E-state index contributed by atoms with van der Waals surface area (Å²) in [6.07, 6.45) is -4.93. The van der Waals surface area contributed by atoms with Crippen molar-refractivity contribution in [2.45, 2.75) is 24.4 Å². The Balaban J connectivity index is 2.12. The number of halogens is 4. The molecule has 0 saturated heterocycles. The molecule has 0 nitrogen and oxygen atoms in total. The van der Waals surface area contributed by atoms with Crippen LogP contribution in [0, 0.1) is 0 Å². The Morgan fingerprint density at radius 3 is 2.33 bits per heavy atom. The molecular formula is C14H12ClF3. The molecule has 0 heterocycles. The van der Waals surface area contributed by atoms with Gasteiger partial charge in [-0.3, -0.25) is 0 Å². The molecule has 0 fully saturated rings. The molecule has 0 amide bonds. The number of rotatable bonds is 3. The monoisotopic (exact) mass is 272 g/mol. The van der Waals surface area contributed by atoms with Crippen LogP contribution in [0.5, 0.6) is 0 Å². The normalized spacial score (nSPS) is 13.8. The van der Waals surface area contributed by atoms with Crippen molar-refractivity contribution in [2.24, 2.45) is 0 Å². The Morgan fingerprint density at radius 2 is 1.67 bits per heavy atom. The van der Waals surface area contributed by atoms with Gasteiger partial charge in [0.05, 0.1) is 6.42 Å². The van der Waals surface area contributed by atoms with Crippen LogP contribution in [0.2, 0.25) is 0 Å². The van der Waals surface area contributed by atoms with Crippen molar-refractivity contribution in [3.8, 4) is 0 Å². The van der Waals surface area contributed by atoms with E-state index in [0.29, 0.717) is 0 Å². The summed E-state index contributed by atoms with van der Waals surface area (Å²) >= 11 is 5.73. The molecule has 96 valence electrons. The average Bonchev–Trinajstić information content (AvgIpc) is 2.26. The first kappa shape index (κ1) is 13.2. The molecule has 4 heteroatoms. The summed E-state index contributed by atoms with van der Waals surface area (Å²) < 4.78 is 36.5. The van der Waals surface area contributed by atoms with Gasteiger partial charge in [-0.15, -0.1) is 11.6 Å². The zero-order chi connectivity index (χ0) is 13.2. The maximum Gasteiger partial charge on any atom is 0.390 e. The lowest BCUT2D eigenvalue weighted by atomic mass is 10.0. The van der Waals surface area contributed by atoms with Gasteiger partial charge >= 0.3 is 6.18 Å². The fraction of sp³-hybridized carbons (Fsp3) is 0.286. The SMILES string of the molecule is FC(F)(F)CC(Cl)Cc1ccc2ccccc2c1. The van der Waals surface area contributed by atoms with Crippen LogP contribution in [0.15, 0.2) is 42.5 Å². The largest absolute Gasteiger partial charge is 0.390 e. The molecule has 1 unspecified atom stereocenters. The van der Waals surface area contributed by atoms with E-state index in [0.717, 1.165) is 16.3 Å². The van der Waals surface area contributed by atoms with Crippen LogP contribution in [0.1, 0.15) is 12.0 Å². The van der Waals surface area contributed by atoms with Crippen LogP contribution in [-0.4, -0.2) is 11.6 Å². The van der Waals surface area contributed by atoms with E-state index < -0.39 is 18.0 Å². The Bertz CT molecular complexity index is 534. The standard InChI is InChI=1S/C14H12ClF3/c15-13(9-14(16,17)18)8-10-5-6-11-3-1-2-4-12(11)7-10/h1-7,13H,8-9H2. The highest BCUT2D eigenvalue weighted by Gasteiger charge is 2.30. The molecule has 1 atom stereocenters. The highest BCUT2D eigenvalue weighted by atomic mass is 35.5. The molecule has 0 radical (unpaired) electrons. The number of hydrogen-bond donors (Lipinski definition) is 0. The second kappa shape index (κ2) is 5.19. The zero-order valence-corrected chi connectivity index (χ0v) is 10.3. The predicted molar refractivity (Wildman–Crippen MR) is 68.0 cm³/mol. The molecule has 0 N–H and O–H groups in total. The van der Waals surface area contributed by atoms with Crippen molar-refractivity contribution in [1.29, 1.82) is 0 Å². The lowest BCUT2D eigenvalue weighted by Gasteiger charge is -2.12. The minimum atomic E-state index is -4.21. The van der Waals surface area contributed by atoms with Gasteiger partial charge in [-0.2, -0.15) is 13.2 Å². The molecule has 0 aliphatic heterocycles. The molecule has 0 saturated carbocycles. The summed E-state index contributed by atoms with van der Waals surface area (Å²) in [5.41, 5.74) is 0.831. The van der Waals surface area contributed by atoms with E-state index in [9.17, 15) is 13.2 Å². The second-order valence-corrected chi connectivity index (χ2v) is 4.92. The summed E-state index contributed by atoms with van der Waals surface area (Å²) in [5, 5.41) is 1.18. The van der Waals surface area contributed by atoms with Gasteiger partial charge in [0.25, 0.3) is 0 Å². The number of benzene rings is 2. The predicted octanol–water partition coefficient (Wildman–Crippen LogP) is 4.94. The molecule has 0 aromatic heterocycles. The third kappa shape index (κ3) is 3.64. The van der Waals surface area contributed by atoms with Crippen LogP contribution in [0.4, 0.5) is 13.2 Å². The zero-order valence-electron chi connectivity index (χ0n) is 9.54. The highest BCUT2D eigenvalue weighted by Crippen LogP contribution is 2.26. The van der Waals surface area contributed by atoms with Crippen molar-refractivity contribution in [2.75, 3.05) is 0 Å². The van der Waals surface area contributed by atoms with Gasteiger partial charge in [-0.1, -0.05) is 42.5 Å². The van der Waals surface area contributed by atoms with Gasteiger partial charge in [0.15, 0.2) is 0 Å². The Labute approximate surface area is 108 Å². The van der Waals surface area contributed by atoms with Crippen molar-refractivity contribution >= 4 is 22.4 Å². The topological polar surface area (TPSA) is 0 Å². The van der Waals surface area contributed by atoms with Crippen LogP contribution in [-0.2, 0) is 6.42 Å². The fourth-order valence-corrected chi connectivity index (χ4v) is 2.30. The molecule has 18 heavy (non-hydrogen) atoms. The highest BCUT2D eigenvalue weighted by molar-refractivity contribution is 6.20. The van der Waals surface area contributed by atoms with Gasteiger partial charge in [0.2, 0.25) is 0 Å². The third-order valence-corrected chi connectivity index (χ3v) is 3.03. The van der Waals surface area contributed by atoms with Gasteiger partial charge in [-0.25, -0.2) is 0 Å². The van der Waals surface area contributed by atoms with Crippen molar-refractivity contribution in [1.82, 2.24) is 0 Å². The minimum Gasteiger partial charge on any atom is -0.171 e. The lowest BCUT2D eigenvalue weighted by molar-refractivity contribution is -0.134. The smallest absolute Gasteiger partial charge is 0.171 e. The second-order valence-electron chi connectivity index (χ2n) is 4.30. The maximum atomic E-state index is 12.2. The van der Waals surface area contributed by atoms with E-state index in [2.05, 4.69) is 0 Å². The Kier molecular flexibility index (Phi) is 3.81. The van der Waals surface area contributed by atoms with Crippen LogP contribution >= 0.6 is 11.6 Å². The molecule has 2 aromatic carbocycles. The summed E-state index contributed by atoms with van der Waals surface area (Å²) in [7, 11) is 0. The lowest BCUT2D eigenvalue weighted by Crippen LogP contribution is -2.17. The number of hydrogen-bond acceptors (Lipinski definition) is 0. The number of alkyl halides is 4. The van der Waals surface area contributed by atoms with Crippen molar-refractivity contribution in [3.05, 3.63) is 48.0 Å². The maximum absolute atomic E-state index is 12.2. The number of fused-ring (bicyclic) bond motifs is 1. The van der Waals surface area contributed by atoms with E-state index >= 15 is 0 Å². The Hall–Kier alpha value is -1.22. The summed E-state index contributed by atoms with van der Waals surface area (Å²) in [6, 6.07) is 13.4. The molecule has 2 rings (SSSR count). The summed E-state index contributed by atoms with van der Waals surface area (Å²) in [4.78, 5) is 0. The summed E-state index contributed by atoms with van der Waals surface area (Å²) in [5.74, 6) is 0. The molecule has 0 bridgehead atoms. The van der Waals surface area contributed by atoms with E-state index in [1.54, 1.807) is 0 Å². The molecule has 0 aliphatic carbocycles. The first-order valence-electron chi connectivity index (χ1n) is 5.62. The van der Waals surface area contributed by atoms with E-state index in [4.69, 9.17) is 11.6 Å². The minimum absolute atomic E-state index is 0.228. The average molecular weight is 273 g/mol. The fourth-order valence-electron chi connectivity index (χ4n) is 1.94. The van der Waals surface area contributed by atoms with Gasteiger partial charge < -0.3 is 0 Å². The molecule has 0 spiro atoms. The van der Waals surface area contributed by atoms with E-state index in [-0.39, 0.29) is 6.42 Å². The van der Waals surface area contributed by atoms with Crippen molar-refractivity contribution in [3.63, 3.8) is 0 Å². The third-order valence-electron chi connectivity index (χ3n) is 2.72.